The third kappa shape index (κ3) is 51.2. The van der Waals surface area contributed by atoms with Crippen LogP contribution in [0.1, 0.15) is 239 Å². The molecule has 0 amide bonds. The first kappa shape index (κ1) is 61.3. The predicted molar refractivity (Wildman–Crippen MR) is 279 cm³/mol. The zero-order chi connectivity index (χ0) is 47.2. The van der Waals surface area contributed by atoms with Crippen LogP contribution in [0.3, 0.4) is 0 Å². The summed E-state index contributed by atoms with van der Waals surface area (Å²) in [6.45, 7) is 6.42. The topological polar surface area (TPSA) is 78.9 Å². The van der Waals surface area contributed by atoms with Gasteiger partial charge in [0.1, 0.15) is 13.2 Å². The molecular formula is C59H98O6. The Morgan fingerprint density at radius 3 is 1.02 bits per heavy atom. The minimum absolute atomic E-state index is 0.0973. The molecule has 1 unspecified atom stereocenters. The third-order valence-corrected chi connectivity index (χ3v) is 11.1. The van der Waals surface area contributed by atoms with Crippen molar-refractivity contribution >= 4 is 17.9 Å². The standard InChI is InChI=1S/C59H98O6/c1-4-7-10-13-16-18-20-22-24-26-27-28-29-30-31-33-34-36-38-40-43-46-49-52-58(61)64-55-56(54-63-57(60)51-48-45-42-15-12-9-6-3)65-59(62)53-50-47-44-41-39-37-35-32-25-23-21-19-17-14-11-8-5-2/h7,10,16,18,22-25,27-28,30-31,34,36,40,43,56H,4-6,8-9,11-15,17,19-21,26,29,32-33,35,37-39,41-42,44-55H2,1-3H3/b10-7-,18-16-,24-22-,25-23-,28-27-,31-30-,36-34-,43-40-. The van der Waals surface area contributed by atoms with Crippen molar-refractivity contribution in [1.82, 2.24) is 0 Å². The zero-order valence-corrected chi connectivity index (χ0v) is 42.2. The van der Waals surface area contributed by atoms with Crippen molar-refractivity contribution < 1.29 is 28.6 Å². The van der Waals surface area contributed by atoms with Crippen LogP contribution in [-0.4, -0.2) is 37.2 Å². The average Bonchev–Trinajstić information content (AvgIpc) is 3.30. The summed E-state index contributed by atoms with van der Waals surface area (Å²) in [6, 6.07) is 0. The van der Waals surface area contributed by atoms with Gasteiger partial charge in [0.2, 0.25) is 0 Å². The maximum absolute atomic E-state index is 12.8. The largest absolute Gasteiger partial charge is 0.462 e. The molecule has 0 aliphatic rings. The van der Waals surface area contributed by atoms with Gasteiger partial charge in [-0.2, -0.15) is 0 Å². The van der Waals surface area contributed by atoms with E-state index >= 15 is 0 Å². The van der Waals surface area contributed by atoms with Gasteiger partial charge >= 0.3 is 17.9 Å². The molecule has 0 N–H and O–H groups in total. The summed E-state index contributed by atoms with van der Waals surface area (Å²) in [5.74, 6) is -0.972. The van der Waals surface area contributed by atoms with Gasteiger partial charge in [0.05, 0.1) is 0 Å². The van der Waals surface area contributed by atoms with E-state index in [2.05, 4.69) is 118 Å². The lowest BCUT2D eigenvalue weighted by Gasteiger charge is -2.18. The third-order valence-electron chi connectivity index (χ3n) is 11.1. The number of carbonyl (C=O) groups excluding carboxylic acids is 3. The number of esters is 3. The second-order valence-electron chi connectivity index (χ2n) is 17.4. The molecule has 0 aromatic rings. The number of hydrogen-bond acceptors (Lipinski definition) is 6. The fourth-order valence-electron chi connectivity index (χ4n) is 7.07. The number of unbranched alkanes of at least 4 members (excludes halogenated alkanes) is 20. The van der Waals surface area contributed by atoms with Crippen LogP contribution in [0.5, 0.6) is 0 Å². The van der Waals surface area contributed by atoms with Gasteiger partial charge in [-0.05, 0) is 96.3 Å². The zero-order valence-electron chi connectivity index (χ0n) is 42.2. The van der Waals surface area contributed by atoms with Crippen LogP contribution < -0.4 is 0 Å². The van der Waals surface area contributed by atoms with E-state index in [0.29, 0.717) is 19.3 Å². The molecule has 0 saturated heterocycles. The summed E-state index contributed by atoms with van der Waals surface area (Å²) < 4.78 is 16.7. The molecular weight excluding hydrogens is 805 g/mol. The summed E-state index contributed by atoms with van der Waals surface area (Å²) >= 11 is 0. The molecule has 6 heteroatoms. The number of rotatable bonds is 47. The quantitative estimate of drug-likeness (QED) is 0.0262. The Morgan fingerprint density at radius 2 is 0.615 bits per heavy atom. The van der Waals surface area contributed by atoms with Gasteiger partial charge in [-0.15, -0.1) is 0 Å². The predicted octanol–water partition coefficient (Wildman–Crippen LogP) is 17.8. The molecule has 0 spiro atoms. The molecule has 0 radical (unpaired) electrons. The van der Waals surface area contributed by atoms with E-state index < -0.39 is 6.10 Å². The van der Waals surface area contributed by atoms with Crippen molar-refractivity contribution in [2.24, 2.45) is 0 Å². The highest BCUT2D eigenvalue weighted by Gasteiger charge is 2.19. The lowest BCUT2D eigenvalue weighted by atomic mass is 10.1. The highest BCUT2D eigenvalue weighted by molar-refractivity contribution is 5.71. The van der Waals surface area contributed by atoms with Crippen molar-refractivity contribution in [2.75, 3.05) is 13.2 Å². The lowest BCUT2D eigenvalue weighted by Crippen LogP contribution is -2.30. The number of carbonyl (C=O) groups is 3. The SMILES string of the molecule is CC/C=C\C/C=C\C/C=C\C/C=C\C/C=C\C/C=C\C/C=C\CCCC(=O)OCC(COC(=O)CCCCCCCCC)OC(=O)CCCCCCCCC/C=C\CCCCCCCC. The van der Waals surface area contributed by atoms with Crippen molar-refractivity contribution in [1.29, 1.82) is 0 Å². The van der Waals surface area contributed by atoms with E-state index in [9.17, 15) is 14.4 Å². The molecule has 0 fully saturated rings. The second kappa shape index (κ2) is 52.9. The molecule has 65 heavy (non-hydrogen) atoms. The maximum atomic E-state index is 12.8. The Labute approximate surface area is 400 Å². The van der Waals surface area contributed by atoms with Gasteiger partial charge in [-0.25, -0.2) is 0 Å². The monoisotopic (exact) mass is 903 g/mol. The van der Waals surface area contributed by atoms with Crippen molar-refractivity contribution in [2.45, 2.75) is 245 Å². The van der Waals surface area contributed by atoms with Crippen LogP contribution in [0.4, 0.5) is 0 Å². The van der Waals surface area contributed by atoms with Crippen molar-refractivity contribution in [3.63, 3.8) is 0 Å². The molecule has 0 rings (SSSR count). The maximum Gasteiger partial charge on any atom is 0.306 e. The first-order valence-electron chi connectivity index (χ1n) is 26.7. The molecule has 0 aromatic heterocycles. The van der Waals surface area contributed by atoms with Gasteiger partial charge in [-0.1, -0.05) is 221 Å². The van der Waals surface area contributed by atoms with Gasteiger partial charge < -0.3 is 14.2 Å². The van der Waals surface area contributed by atoms with Crippen LogP contribution >= 0.6 is 0 Å². The Hall–Kier alpha value is -3.67. The first-order chi connectivity index (χ1) is 32.0. The fraction of sp³-hybridized carbons (Fsp3) is 0.678. The Balaban J connectivity index is 4.36. The van der Waals surface area contributed by atoms with Gasteiger partial charge in [0.15, 0.2) is 6.10 Å². The summed E-state index contributed by atoms with van der Waals surface area (Å²) in [4.78, 5) is 37.8. The molecule has 0 saturated carbocycles. The average molecular weight is 903 g/mol. The van der Waals surface area contributed by atoms with Crippen LogP contribution in [-0.2, 0) is 28.6 Å². The minimum atomic E-state index is -0.800. The van der Waals surface area contributed by atoms with E-state index in [-0.39, 0.29) is 37.5 Å². The van der Waals surface area contributed by atoms with Gasteiger partial charge in [0, 0.05) is 19.3 Å². The molecule has 1 atom stereocenters. The van der Waals surface area contributed by atoms with Crippen LogP contribution in [0.15, 0.2) is 97.2 Å². The smallest absolute Gasteiger partial charge is 0.306 e. The highest BCUT2D eigenvalue weighted by atomic mass is 16.6. The van der Waals surface area contributed by atoms with Crippen LogP contribution in [0, 0.1) is 0 Å². The molecule has 0 aliphatic heterocycles. The summed E-state index contributed by atoms with van der Waals surface area (Å²) in [6.07, 6.45) is 69.9. The normalized spacial score (nSPS) is 12.8. The van der Waals surface area contributed by atoms with Gasteiger partial charge in [0.25, 0.3) is 0 Å². The van der Waals surface area contributed by atoms with Crippen molar-refractivity contribution in [3.05, 3.63) is 97.2 Å². The summed E-state index contributed by atoms with van der Waals surface area (Å²) in [5, 5.41) is 0. The molecule has 0 aromatic carbocycles. The van der Waals surface area contributed by atoms with Crippen LogP contribution in [0.2, 0.25) is 0 Å². The number of hydrogen-bond donors (Lipinski definition) is 0. The van der Waals surface area contributed by atoms with E-state index in [0.717, 1.165) is 89.9 Å². The number of ether oxygens (including phenoxy) is 3. The van der Waals surface area contributed by atoms with Crippen LogP contribution in [0.25, 0.3) is 0 Å². The van der Waals surface area contributed by atoms with E-state index in [1.54, 1.807) is 0 Å². The number of allylic oxidation sites excluding steroid dienone is 16. The van der Waals surface area contributed by atoms with Crippen molar-refractivity contribution in [3.8, 4) is 0 Å². The Bertz CT molecular complexity index is 1310. The molecule has 0 bridgehead atoms. The molecule has 0 heterocycles. The van der Waals surface area contributed by atoms with E-state index in [4.69, 9.17) is 14.2 Å². The Kier molecular flexibility index (Phi) is 50.0. The molecule has 370 valence electrons. The fourth-order valence-corrected chi connectivity index (χ4v) is 7.07. The van der Waals surface area contributed by atoms with Gasteiger partial charge in [-0.3, -0.25) is 14.4 Å². The lowest BCUT2D eigenvalue weighted by molar-refractivity contribution is -0.167. The molecule has 6 nitrogen and oxygen atoms in total. The van der Waals surface area contributed by atoms with E-state index in [1.165, 1.54) is 103 Å². The molecule has 0 aliphatic carbocycles. The Morgan fingerprint density at radius 1 is 0.323 bits per heavy atom. The minimum Gasteiger partial charge on any atom is -0.462 e. The highest BCUT2D eigenvalue weighted by Crippen LogP contribution is 2.14. The second-order valence-corrected chi connectivity index (χ2v) is 17.4. The summed E-state index contributed by atoms with van der Waals surface area (Å²) in [7, 11) is 0. The van der Waals surface area contributed by atoms with E-state index in [1.807, 2.05) is 0 Å². The summed E-state index contributed by atoms with van der Waals surface area (Å²) in [5.41, 5.74) is 0. The first-order valence-corrected chi connectivity index (χ1v) is 26.7.